The van der Waals surface area contributed by atoms with Crippen LogP contribution in [0.3, 0.4) is 0 Å². The molecular weight excluding hydrogens is 392 g/mol. The number of fused-ring (bicyclic) bond motifs is 1. The molecule has 5 nitrogen and oxygen atoms in total. The van der Waals surface area contributed by atoms with E-state index < -0.39 is 0 Å². The molecule has 4 rings (SSSR count). The molecule has 0 fully saturated rings. The van der Waals surface area contributed by atoms with Crippen LogP contribution in [0.1, 0.15) is 35.8 Å². The zero-order valence-electron chi connectivity index (χ0n) is 17.0. The van der Waals surface area contributed by atoms with Crippen molar-refractivity contribution in [2.75, 3.05) is 11.1 Å². The zero-order valence-corrected chi connectivity index (χ0v) is 17.8. The van der Waals surface area contributed by atoms with Gasteiger partial charge in [0.15, 0.2) is 4.77 Å². The van der Waals surface area contributed by atoms with E-state index in [0.717, 1.165) is 21.4 Å². The number of nitrogen functional groups attached to an aromatic ring is 1. The maximum atomic E-state index is 12.6. The Morgan fingerprint density at radius 2 is 1.60 bits per heavy atom. The number of rotatable bonds is 5. The molecule has 0 aliphatic heterocycles. The van der Waals surface area contributed by atoms with Crippen LogP contribution in [0.25, 0.3) is 11.0 Å². The molecule has 0 aliphatic rings. The highest BCUT2D eigenvalue weighted by atomic mass is 32.1. The average Bonchev–Trinajstić information content (AvgIpc) is 3.02. The summed E-state index contributed by atoms with van der Waals surface area (Å²) < 4.78 is 5.12. The summed E-state index contributed by atoms with van der Waals surface area (Å²) in [4.78, 5) is 12.6. The van der Waals surface area contributed by atoms with Gasteiger partial charge in [-0.2, -0.15) is 0 Å². The molecule has 0 unspecified atom stereocenters. The van der Waals surface area contributed by atoms with Crippen molar-refractivity contribution in [1.82, 2.24) is 9.13 Å². The fraction of sp³-hybridized carbons (Fsp3) is 0.167. The number of nitrogens with two attached hydrogens (primary N) is 1. The number of nitrogens with one attached hydrogen (secondary N) is 1. The molecule has 0 saturated carbocycles. The van der Waals surface area contributed by atoms with Gasteiger partial charge in [-0.15, -0.1) is 0 Å². The lowest BCUT2D eigenvalue weighted by Crippen LogP contribution is -2.13. The van der Waals surface area contributed by atoms with Gasteiger partial charge < -0.3 is 20.2 Å². The SMILES string of the molecule is CC(C)n1c(=S)n(Cc2ccc(C(=O)Nc3ccccc3N)cc2)c2ccccc21. The number of hydrogen-bond donors (Lipinski definition) is 2. The number of hydrogen-bond acceptors (Lipinski definition) is 3. The molecule has 0 radical (unpaired) electrons. The van der Waals surface area contributed by atoms with E-state index in [2.05, 4.69) is 40.4 Å². The molecule has 0 saturated heterocycles. The number of carbonyl (C=O) groups is 1. The molecule has 4 aromatic rings. The molecule has 1 aromatic heterocycles. The maximum absolute atomic E-state index is 12.6. The number of anilines is 2. The number of carbonyl (C=O) groups excluding carboxylic acids is 1. The standard InChI is InChI=1S/C24H24N4OS/c1-16(2)28-22-10-6-5-9-21(22)27(24(28)30)15-17-11-13-18(14-12-17)23(29)26-20-8-4-3-7-19(20)25/h3-14,16H,15,25H2,1-2H3,(H,26,29). The van der Waals surface area contributed by atoms with Gasteiger partial charge in [-0.1, -0.05) is 36.4 Å². The molecule has 30 heavy (non-hydrogen) atoms. The van der Waals surface area contributed by atoms with Crippen molar-refractivity contribution in [3.05, 3.63) is 88.7 Å². The van der Waals surface area contributed by atoms with Gasteiger partial charge in [-0.3, -0.25) is 4.79 Å². The van der Waals surface area contributed by atoms with Crippen LogP contribution in [0.4, 0.5) is 11.4 Å². The summed E-state index contributed by atoms with van der Waals surface area (Å²) in [5.41, 5.74) is 11.0. The predicted molar refractivity (Wildman–Crippen MR) is 125 cm³/mol. The van der Waals surface area contributed by atoms with Crippen LogP contribution in [-0.2, 0) is 6.54 Å². The number of benzene rings is 3. The van der Waals surface area contributed by atoms with Gasteiger partial charge in [-0.25, -0.2) is 0 Å². The highest BCUT2D eigenvalue weighted by Crippen LogP contribution is 2.23. The first kappa shape index (κ1) is 19.9. The maximum Gasteiger partial charge on any atom is 0.255 e. The Bertz CT molecular complexity index is 1270. The molecule has 6 heteroatoms. The number of amides is 1. The van der Waals surface area contributed by atoms with Gasteiger partial charge in [0.25, 0.3) is 5.91 Å². The van der Waals surface area contributed by atoms with Crippen molar-refractivity contribution >= 4 is 40.5 Å². The Hall–Kier alpha value is -3.38. The molecule has 3 aromatic carbocycles. The average molecular weight is 417 g/mol. The number of nitrogens with zero attached hydrogens (tertiary/aromatic N) is 2. The van der Waals surface area contributed by atoms with E-state index in [-0.39, 0.29) is 11.9 Å². The fourth-order valence-electron chi connectivity index (χ4n) is 3.63. The summed E-state index contributed by atoms with van der Waals surface area (Å²) in [6.07, 6.45) is 0. The second-order valence-electron chi connectivity index (χ2n) is 7.56. The van der Waals surface area contributed by atoms with Gasteiger partial charge in [0.1, 0.15) is 0 Å². The lowest BCUT2D eigenvalue weighted by Gasteiger charge is -2.10. The minimum absolute atomic E-state index is 0.188. The highest BCUT2D eigenvalue weighted by molar-refractivity contribution is 7.71. The second kappa shape index (κ2) is 8.16. The van der Waals surface area contributed by atoms with Crippen molar-refractivity contribution in [3.63, 3.8) is 0 Å². The molecule has 3 N–H and O–H groups in total. The summed E-state index contributed by atoms with van der Waals surface area (Å²) in [7, 11) is 0. The predicted octanol–water partition coefficient (Wildman–Crippen LogP) is 5.64. The van der Waals surface area contributed by atoms with Gasteiger partial charge in [-0.05, 0) is 68.0 Å². The molecule has 0 aliphatic carbocycles. The monoisotopic (exact) mass is 416 g/mol. The highest BCUT2D eigenvalue weighted by Gasteiger charge is 2.13. The summed E-state index contributed by atoms with van der Waals surface area (Å²) in [6.45, 7) is 4.92. The van der Waals surface area contributed by atoms with E-state index in [1.54, 1.807) is 12.1 Å². The Morgan fingerprint density at radius 3 is 2.27 bits per heavy atom. The third-order valence-corrected chi connectivity index (χ3v) is 5.57. The number of aromatic nitrogens is 2. The summed E-state index contributed by atoms with van der Waals surface area (Å²) in [6, 6.07) is 23.3. The first-order valence-electron chi connectivity index (χ1n) is 9.90. The van der Waals surface area contributed by atoms with Crippen LogP contribution in [-0.4, -0.2) is 15.0 Å². The normalized spacial score (nSPS) is 11.2. The van der Waals surface area contributed by atoms with Crippen LogP contribution < -0.4 is 11.1 Å². The lowest BCUT2D eigenvalue weighted by molar-refractivity contribution is 0.102. The Labute approximate surface area is 180 Å². The summed E-state index contributed by atoms with van der Waals surface area (Å²) in [5.74, 6) is -0.188. The first-order chi connectivity index (χ1) is 14.5. The minimum Gasteiger partial charge on any atom is -0.397 e. The lowest BCUT2D eigenvalue weighted by atomic mass is 10.1. The molecule has 152 valence electrons. The largest absolute Gasteiger partial charge is 0.397 e. The van der Waals surface area contributed by atoms with Gasteiger partial charge in [0.05, 0.1) is 29.0 Å². The molecular formula is C24H24N4OS. The van der Waals surface area contributed by atoms with E-state index in [1.165, 1.54) is 0 Å². The third kappa shape index (κ3) is 3.74. The van der Waals surface area contributed by atoms with Gasteiger partial charge in [0.2, 0.25) is 0 Å². The van der Waals surface area contributed by atoms with E-state index in [9.17, 15) is 4.79 Å². The second-order valence-corrected chi connectivity index (χ2v) is 7.92. The topological polar surface area (TPSA) is 65.0 Å². The van der Waals surface area contributed by atoms with Gasteiger partial charge in [0, 0.05) is 11.6 Å². The van der Waals surface area contributed by atoms with E-state index in [0.29, 0.717) is 23.5 Å². The number of para-hydroxylation sites is 4. The van der Waals surface area contributed by atoms with Gasteiger partial charge >= 0.3 is 0 Å². The third-order valence-electron chi connectivity index (χ3n) is 5.15. The van der Waals surface area contributed by atoms with Crippen LogP contribution in [0.2, 0.25) is 0 Å². The quantitative estimate of drug-likeness (QED) is 0.327. The smallest absolute Gasteiger partial charge is 0.255 e. The van der Waals surface area contributed by atoms with Crippen LogP contribution in [0.15, 0.2) is 72.8 Å². The molecule has 0 bridgehead atoms. The van der Waals surface area contributed by atoms with E-state index >= 15 is 0 Å². The van der Waals surface area contributed by atoms with Crippen molar-refractivity contribution in [3.8, 4) is 0 Å². The molecule has 1 heterocycles. The Morgan fingerprint density at radius 1 is 0.967 bits per heavy atom. The fourth-order valence-corrected chi connectivity index (χ4v) is 4.11. The summed E-state index contributed by atoms with van der Waals surface area (Å²) in [5, 5.41) is 2.86. The molecule has 0 atom stereocenters. The summed E-state index contributed by atoms with van der Waals surface area (Å²) >= 11 is 5.77. The van der Waals surface area contributed by atoms with E-state index in [1.807, 2.05) is 48.5 Å². The molecule has 1 amide bonds. The van der Waals surface area contributed by atoms with Crippen LogP contribution >= 0.6 is 12.2 Å². The van der Waals surface area contributed by atoms with Crippen LogP contribution in [0, 0.1) is 4.77 Å². The van der Waals surface area contributed by atoms with E-state index in [4.69, 9.17) is 18.0 Å². The molecule has 0 spiro atoms. The zero-order chi connectivity index (χ0) is 21.3. The Balaban J connectivity index is 1.59. The van der Waals surface area contributed by atoms with Crippen molar-refractivity contribution in [1.29, 1.82) is 0 Å². The van der Waals surface area contributed by atoms with Crippen molar-refractivity contribution in [2.45, 2.75) is 26.4 Å². The van der Waals surface area contributed by atoms with Crippen LogP contribution in [0.5, 0.6) is 0 Å². The van der Waals surface area contributed by atoms with Crippen molar-refractivity contribution in [2.24, 2.45) is 0 Å². The first-order valence-corrected chi connectivity index (χ1v) is 10.3. The van der Waals surface area contributed by atoms with Crippen molar-refractivity contribution < 1.29 is 4.79 Å². The number of imidazole rings is 1. The minimum atomic E-state index is -0.188. The Kier molecular flexibility index (Phi) is 5.42.